The SMILES string of the molecule is CN(C)CCN(C(=O)C1CCN(S(=O)(=O)c2ccc(Cl)s2)CC1)c1nc2ccc(Cl)cc2s1. The van der Waals surface area contributed by atoms with E-state index in [9.17, 15) is 13.2 Å². The zero-order valence-electron chi connectivity index (χ0n) is 18.2. The van der Waals surface area contributed by atoms with Crippen LogP contribution < -0.4 is 4.90 Å². The summed E-state index contributed by atoms with van der Waals surface area (Å²) in [7, 11) is 0.326. The number of sulfonamides is 1. The standard InChI is InChI=1S/C21H24Cl2N4O3S3/c1-25(2)11-12-27(21-24-16-4-3-15(22)13-17(16)31-21)20(28)14-7-9-26(10-8-14)33(29,30)19-6-5-18(23)32-19/h3-6,13-14H,7-12H2,1-2H3. The van der Waals surface area contributed by atoms with Crippen LogP contribution in [-0.2, 0) is 14.8 Å². The van der Waals surface area contributed by atoms with Crippen LogP contribution in [0, 0.1) is 5.92 Å². The molecule has 2 aromatic heterocycles. The summed E-state index contributed by atoms with van der Waals surface area (Å²) in [5.74, 6) is -0.278. The molecule has 1 aromatic carbocycles. The van der Waals surface area contributed by atoms with Crippen molar-refractivity contribution in [1.29, 1.82) is 0 Å². The van der Waals surface area contributed by atoms with Crippen LogP contribution in [0.1, 0.15) is 12.8 Å². The third-order valence-corrected chi connectivity index (χ3v) is 10.4. The van der Waals surface area contributed by atoms with E-state index in [0.717, 1.165) is 21.6 Å². The number of fused-ring (bicyclic) bond motifs is 1. The molecule has 3 heterocycles. The van der Waals surface area contributed by atoms with Crippen LogP contribution in [0.3, 0.4) is 0 Å². The van der Waals surface area contributed by atoms with Gasteiger partial charge in [0.1, 0.15) is 4.21 Å². The number of carbonyl (C=O) groups is 1. The number of thiazole rings is 1. The van der Waals surface area contributed by atoms with Crippen molar-refractivity contribution in [3.8, 4) is 0 Å². The van der Waals surface area contributed by atoms with Crippen LogP contribution in [0.4, 0.5) is 5.13 Å². The molecular weight excluding hydrogens is 523 g/mol. The quantitative estimate of drug-likeness (QED) is 0.430. The van der Waals surface area contributed by atoms with Gasteiger partial charge in [0.2, 0.25) is 5.91 Å². The molecule has 1 aliphatic heterocycles. The van der Waals surface area contributed by atoms with Gasteiger partial charge in [-0.15, -0.1) is 11.3 Å². The first kappa shape index (κ1) is 24.8. The molecule has 0 bridgehead atoms. The Labute approximate surface area is 211 Å². The van der Waals surface area contributed by atoms with Crippen LogP contribution in [-0.4, -0.2) is 68.8 Å². The molecule has 0 unspecified atom stereocenters. The van der Waals surface area contributed by atoms with Gasteiger partial charge in [-0.05, 0) is 57.3 Å². The molecule has 1 amide bonds. The first-order chi connectivity index (χ1) is 15.6. The molecule has 1 saturated heterocycles. The molecule has 1 aliphatic rings. The molecule has 0 spiro atoms. The number of aromatic nitrogens is 1. The number of rotatable bonds is 7. The average molecular weight is 548 g/mol. The highest BCUT2D eigenvalue weighted by Gasteiger charge is 2.35. The van der Waals surface area contributed by atoms with Crippen molar-refractivity contribution in [3.63, 3.8) is 0 Å². The van der Waals surface area contributed by atoms with Crippen LogP contribution in [0.5, 0.6) is 0 Å². The van der Waals surface area contributed by atoms with E-state index in [1.54, 1.807) is 17.0 Å². The highest BCUT2D eigenvalue weighted by molar-refractivity contribution is 7.91. The Morgan fingerprint density at radius 3 is 2.48 bits per heavy atom. The van der Waals surface area contributed by atoms with Crippen molar-refractivity contribution >= 4 is 77.2 Å². The van der Waals surface area contributed by atoms with E-state index in [2.05, 4.69) is 4.98 Å². The Morgan fingerprint density at radius 2 is 1.85 bits per heavy atom. The fourth-order valence-corrected chi connectivity index (χ4v) is 8.11. The average Bonchev–Trinajstić information content (AvgIpc) is 3.40. The molecule has 0 atom stereocenters. The fourth-order valence-electron chi connectivity index (χ4n) is 3.73. The van der Waals surface area contributed by atoms with Gasteiger partial charge >= 0.3 is 0 Å². The second kappa shape index (κ2) is 10.2. The Kier molecular flexibility index (Phi) is 7.64. The number of nitrogens with zero attached hydrogens (tertiary/aromatic N) is 4. The van der Waals surface area contributed by atoms with Crippen molar-refractivity contribution in [1.82, 2.24) is 14.2 Å². The van der Waals surface area contributed by atoms with Crippen molar-refractivity contribution in [2.24, 2.45) is 5.92 Å². The summed E-state index contributed by atoms with van der Waals surface area (Å²) in [6, 6.07) is 8.61. The minimum Gasteiger partial charge on any atom is -0.308 e. The smallest absolute Gasteiger partial charge is 0.252 e. The van der Waals surface area contributed by atoms with E-state index < -0.39 is 10.0 Å². The number of benzene rings is 1. The van der Waals surface area contributed by atoms with E-state index in [1.165, 1.54) is 21.7 Å². The van der Waals surface area contributed by atoms with Crippen molar-refractivity contribution < 1.29 is 13.2 Å². The molecule has 1 fully saturated rings. The van der Waals surface area contributed by atoms with Crippen LogP contribution in [0.15, 0.2) is 34.5 Å². The normalized spacial score (nSPS) is 16.0. The van der Waals surface area contributed by atoms with Crippen LogP contribution >= 0.6 is 45.9 Å². The molecule has 7 nitrogen and oxygen atoms in total. The van der Waals surface area contributed by atoms with E-state index in [-0.39, 0.29) is 16.0 Å². The molecule has 12 heteroatoms. The molecule has 33 heavy (non-hydrogen) atoms. The summed E-state index contributed by atoms with van der Waals surface area (Å²) >= 11 is 14.5. The van der Waals surface area contributed by atoms with Gasteiger partial charge in [-0.3, -0.25) is 9.69 Å². The van der Waals surface area contributed by atoms with Crippen molar-refractivity contribution in [3.05, 3.63) is 39.7 Å². The lowest BCUT2D eigenvalue weighted by Crippen LogP contribution is -2.45. The maximum atomic E-state index is 13.5. The van der Waals surface area contributed by atoms with Gasteiger partial charge in [0.25, 0.3) is 10.0 Å². The zero-order chi connectivity index (χ0) is 23.8. The van der Waals surface area contributed by atoms with Crippen molar-refractivity contribution in [2.75, 3.05) is 45.2 Å². The largest absolute Gasteiger partial charge is 0.308 e. The molecular formula is C21H24Cl2N4O3S3. The van der Waals surface area contributed by atoms with Crippen molar-refractivity contribution in [2.45, 2.75) is 17.1 Å². The highest BCUT2D eigenvalue weighted by atomic mass is 35.5. The monoisotopic (exact) mass is 546 g/mol. The summed E-state index contributed by atoms with van der Waals surface area (Å²) in [5.41, 5.74) is 0.803. The van der Waals surface area contributed by atoms with Crippen LogP contribution in [0.2, 0.25) is 9.36 Å². The van der Waals surface area contributed by atoms with Gasteiger partial charge < -0.3 is 4.90 Å². The number of halogens is 2. The molecule has 0 aliphatic carbocycles. The Hall–Kier alpha value is -1.27. The third-order valence-electron chi connectivity index (χ3n) is 5.55. The first-order valence-electron chi connectivity index (χ1n) is 10.4. The second-order valence-corrected chi connectivity index (χ2v) is 13.5. The maximum Gasteiger partial charge on any atom is 0.252 e. The van der Waals surface area contributed by atoms with Gasteiger partial charge in [-0.25, -0.2) is 13.4 Å². The van der Waals surface area contributed by atoms with Gasteiger partial charge in [-0.1, -0.05) is 34.5 Å². The first-order valence-corrected chi connectivity index (χ1v) is 14.3. The zero-order valence-corrected chi connectivity index (χ0v) is 22.2. The minimum atomic E-state index is -3.59. The lowest BCUT2D eigenvalue weighted by atomic mass is 9.96. The summed E-state index contributed by atoms with van der Waals surface area (Å²) in [6.45, 7) is 1.79. The number of hydrogen-bond donors (Lipinski definition) is 0. The topological polar surface area (TPSA) is 73.8 Å². The van der Waals surface area contributed by atoms with Crippen LogP contribution in [0.25, 0.3) is 10.2 Å². The summed E-state index contributed by atoms with van der Waals surface area (Å²) in [5, 5.41) is 1.27. The predicted octanol–water partition coefficient (Wildman–Crippen LogP) is 4.66. The number of likely N-dealkylation sites (N-methyl/N-ethyl adjacent to an activating group) is 1. The third kappa shape index (κ3) is 5.53. The van der Waals surface area contributed by atoms with E-state index in [0.29, 0.717) is 53.5 Å². The number of amides is 1. The molecule has 0 saturated carbocycles. The van der Waals surface area contributed by atoms with E-state index >= 15 is 0 Å². The van der Waals surface area contributed by atoms with Gasteiger partial charge in [0.05, 0.1) is 14.6 Å². The number of piperidine rings is 1. The summed E-state index contributed by atoms with van der Waals surface area (Å²) in [4.78, 5) is 22.0. The summed E-state index contributed by atoms with van der Waals surface area (Å²) in [6.07, 6.45) is 0.929. The predicted molar refractivity (Wildman–Crippen MR) is 136 cm³/mol. The molecule has 4 rings (SSSR count). The number of carbonyl (C=O) groups excluding carboxylic acids is 1. The van der Waals surface area contributed by atoms with Gasteiger partial charge in [-0.2, -0.15) is 4.31 Å². The molecule has 178 valence electrons. The molecule has 0 N–H and O–H groups in total. The molecule has 0 radical (unpaired) electrons. The number of anilines is 1. The second-order valence-electron chi connectivity index (χ2n) is 8.14. The fraction of sp³-hybridized carbons (Fsp3) is 0.429. The van der Waals surface area contributed by atoms with Gasteiger partial charge in [0.15, 0.2) is 5.13 Å². The highest BCUT2D eigenvalue weighted by Crippen LogP contribution is 2.34. The van der Waals surface area contributed by atoms with E-state index in [1.807, 2.05) is 31.1 Å². The lowest BCUT2D eigenvalue weighted by molar-refractivity contribution is -0.123. The number of hydrogen-bond acceptors (Lipinski definition) is 7. The summed E-state index contributed by atoms with van der Waals surface area (Å²) < 4.78 is 28.8. The maximum absolute atomic E-state index is 13.5. The Balaban J connectivity index is 1.51. The van der Waals surface area contributed by atoms with Gasteiger partial charge in [0, 0.05) is 37.1 Å². The Bertz CT molecular complexity index is 1250. The lowest BCUT2D eigenvalue weighted by Gasteiger charge is -2.33. The number of thiophene rings is 1. The van der Waals surface area contributed by atoms with E-state index in [4.69, 9.17) is 23.2 Å². The minimum absolute atomic E-state index is 0.0155. The Morgan fingerprint density at radius 1 is 1.12 bits per heavy atom. The molecule has 3 aromatic rings.